The van der Waals surface area contributed by atoms with E-state index < -0.39 is 17.7 Å². The van der Waals surface area contributed by atoms with Gasteiger partial charge >= 0.3 is 0 Å². The first kappa shape index (κ1) is 26.7. The highest BCUT2D eigenvalue weighted by molar-refractivity contribution is 6.47. The number of hydrogen-bond donors (Lipinski definition) is 2. The molecule has 3 aromatic carbocycles. The van der Waals surface area contributed by atoms with Crippen molar-refractivity contribution in [3.05, 3.63) is 99.2 Å². The summed E-state index contributed by atoms with van der Waals surface area (Å²) in [5.41, 5.74) is 2.73. The topological polar surface area (TPSA) is 91.9 Å². The number of aromatic nitrogens is 1. The molecule has 0 aliphatic carbocycles. The van der Waals surface area contributed by atoms with E-state index in [1.807, 2.05) is 31.3 Å². The average molecular weight is 565 g/mol. The van der Waals surface area contributed by atoms with Gasteiger partial charge in [0.05, 0.1) is 25.3 Å². The predicted octanol–water partition coefficient (Wildman–Crippen LogP) is 6.55. The van der Waals surface area contributed by atoms with Crippen LogP contribution in [0.1, 0.15) is 29.7 Å². The summed E-state index contributed by atoms with van der Waals surface area (Å²) in [6.07, 6.45) is 2.33. The highest BCUT2D eigenvalue weighted by atomic mass is 35.5. The van der Waals surface area contributed by atoms with Crippen LogP contribution in [0, 0.1) is 0 Å². The zero-order chi connectivity index (χ0) is 27.7. The third kappa shape index (κ3) is 5.07. The van der Waals surface area contributed by atoms with Crippen molar-refractivity contribution in [2.45, 2.75) is 19.4 Å². The van der Waals surface area contributed by atoms with Crippen LogP contribution in [0.3, 0.4) is 0 Å². The minimum Gasteiger partial charge on any atom is -0.507 e. The maximum absolute atomic E-state index is 13.4. The SMILES string of the molecule is CCOc1ccc(C(O)=C2C(=O)C(=O)N(CCc3c[nH]c4ccc(OC)cc34)[C@H]2c2ccc(Cl)cc2Cl)cc1. The van der Waals surface area contributed by atoms with Crippen LogP contribution in [-0.2, 0) is 16.0 Å². The molecule has 9 heteroatoms. The van der Waals surface area contributed by atoms with E-state index in [4.69, 9.17) is 32.7 Å². The summed E-state index contributed by atoms with van der Waals surface area (Å²) in [5, 5.41) is 13.0. The second kappa shape index (κ2) is 11.0. The third-order valence-electron chi connectivity index (χ3n) is 6.83. The summed E-state index contributed by atoms with van der Waals surface area (Å²) in [7, 11) is 1.60. The Bertz CT molecular complexity index is 1590. The van der Waals surface area contributed by atoms with Crippen molar-refractivity contribution in [1.82, 2.24) is 9.88 Å². The van der Waals surface area contributed by atoms with Crippen LogP contribution in [0.5, 0.6) is 11.5 Å². The zero-order valence-corrected chi connectivity index (χ0v) is 22.8. The number of halogens is 2. The van der Waals surface area contributed by atoms with E-state index in [0.29, 0.717) is 40.7 Å². The highest BCUT2D eigenvalue weighted by Crippen LogP contribution is 2.42. The predicted molar refractivity (Wildman–Crippen MR) is 152 cm³/mol. The minimum atomic E-state index is -0.902. The smallest absolute Gasteiger partial charge is 0.295 e. The number of amides is 1. The first-order valence-corrected chi connectivity index (χ1v) is 13.2. The maximum atomic E-state index is 13.4. The van der Waals surface area contributed by atoms with Crippen LogP contribution in [-0.4, -0.2) is 46.9 Å². The number of benzene rings is 3. The minimum absolute atomic E-state index is 0.0334. The number of ketones is 1. The summed E-state index contributed by atoms with van der Waals surface area (Å²) in [6.45, 7) is 2.57. The summed E-state index contributed by atoms with van der Waals surface area (Å²) >= 11 is 12.7. The van der Waals surface area contributed by atoms with Gasteiger partial charge in [0.2, 0.25) is 0 Å². The molecule has 0 saturated carbocycles. The Kier molecular flexibility index (Phi) is 7.55. The van der Waals surface area contributed by atoms with Crippen LogP contribution in [0.2, 0.25) is 10.0 Å². The van der Waals surface area contributed by atoms with E-state index in [1.165, 1.54) is 4.90 Å². The van der Waals surface area contributed by atoms with Crippen molar-refractivity contribution in [2.24, 2.45) is 0 Å². The van der Waals surface area contributed by atoms with Gasteiger partial charge in [0.25, 0.3) is 11.7 Å². The lowest BCUT2D eigenvalue weighted by Gasteiger charge is -2.26. The zero-order valence-electron chi connectivity index (χ0n) is 21.3. The number of hydrogen-bond acceptors (Lipinski definition) is 5. The molecule has 1 fully saturated rings. The molecule has 7 nitrogen and oxygen atoms in total. The van der Waals surface area contributed by atoms with Crippen molar-refractivity contribution in [1.29, 1.82) is 0 Å². The van der Waals surface area contributed by atoms with Gasteiger partial charge in [0, 0.05) is 39.3 Å². The second-order valence-electron chi connectivity index (χ2n) is 9.09. The number of Topliss-reactive ketones (excluding diaryl/α,β-unsaturated/α-hetero) is 1. The summed E-state index contributed by atoms with van der Waals surface area (Å²) < 4.78 is 10.9. The molecule has 1 aromatic heterocycles. The molecular weight excluding hydrogens is 539 g/mol. The molecule has 1 aliphatic heterocycles. The monoisotopic (exact) mass is 564 g/mol. The van der Waals surface area contributed by atoms with Gasteiger partial charge in [-0.3, -0.25) is 9.59 Å². The lowest BCUT2D eigenvalue weighted by Crippen LogP contribution is -2.31. The molecule has 0 radical (unpaired) electrons. The summed E-state index contributed by atoms with van der Waals surface area (Å²) in [5.74, 6) is -0.435. The third-order valence-corrected chi connectivity index (χ3v) is 7.39. The van der Waals surface area contributed by atoms with Gasteiger partial charge in [0.1, 0.15) is 17.3 Å². The molecule has 0 spiro atoms. The highest BCUT2D eigenvalue weighted by Gasteiger charge is 2.46. The molecule has 4 aromatic rings. The molecule has 200 valence electrons. The average Bonchev–Trinajstić information content (AvgIpc) is 3.45. The number of nitrogens with one attached hydrogen (secondary N) is 1. The van der Waals surface area contributed by atoms with E-state index in [-0.39, 0.29) is 22.9 Å². The van der Waals surface area contributed by atoms with Gasteiger partial charge < -0.3 is 24.5 Å². The van der Waals surface area contributed by atoms with Crippen LogP contribution >= 0.6 is 23.2 Å². The number of aromatic amines is 1. The van der Waals surface area contributed by atoms with Crippen molar-refractivity contribution in [3.8, 4) is 11.5 Å². The molecule has 1 saturated heterocycles. The molecule has 5 rings (SSSR count). The molecule has 1 aliphatic rings. The van der Waals surface area contributed by atoms with E-state index >= 15 is 0 Å². The fraction of sp³-hybridized carbons (Fsp3) is 0.200. The number of methoxy groups -OCH3 is 1. The Hall–Kier alpha value is -3.94. The fourth-order valence-electron chi connectivity index (χ4n) is 4.92. The first-order chi connectivity index (χ1) is 18.8. The summed E-state index contributed by atoms with van der Waals surface area (Å²) in [4.78, 5) is 31.5. The van der Waals surface area contributed by atoms with Crippen LogP contribution in [0.25, 0.3) is 16.7 Å². The van der Waals surface area contributed by atoms with E-state index in [2.05, 4.69) is 4.98 Å². The molecule has 2 N–H and O–H groups in total. The van der Waals surface area contributed by atoms with Crippen LogP contribution in [0.15, 0.2) is 72.4 Å². The number of carbonyl (C=O) groups is 2. The van der Waals surface area contributed by atoms with Crippen molar-refractivity contribution in [2.75, 3.05) is 20.3 Å². The molecule has 0 unspecified atom stereocenters. The molecule has 1 atom stereocenters. The van der Waals surface area contributed by atoms with Gasteiger partial charge in [-0.25, -0.2) is 0 Å². The van der Waals surface area contributed by atoms with E-state index in [1.54, 1.807) is 49.6 Å². The van der Waals surface area contributed by atoms with Crippen molar-refractivity contribution < 1.29 is 24.2 Å². The lowest BCUT2D eigenvalue weighted by atomic mass is 9.95. The maximum Gasteiger partial charge on any atom is 0.295 e. The summed E-state index contributed by atoms with van der Waals surface area (Å²) in [6, 6.07) is 16.4. The van der Waals surface area contributed by atoms with Crippen LogP contribution < -0.4 is 9.47 Å². The standard InChI is InChI=1S/C30H26Cl2N2O5/c1-3-39-20-7-4-17(5-8-20)28(35)26-27(22-10-6-19(31)14-24(22)32)34(30(37)29(26)36)13-12-18-16-33-25-11-9-21(38-2)15-23(18)25/h4-11,14-16,27,33,35H,3,12-13H2,1-2H3/t27-/m0/s1. The number of likely N-dealkylation sites (tertiary alicyclic amines) is 1. The second-order valence-corrected chi connectivity index (χ2v) is 9.93. The van der Waals surface area contributed by atoms with E-state index in [9.17, 15) is 14.7 Å². The number of nitrogens with zero attached hydrogens (tertiary/aromatic N) is 1. The number of rotatable bonds is 8. The number of carbonyl (C=O) groups excluding carboxylic acids is 2. The normalized spacial score (nSPS) is 16.7. The van der Waals surface area contributed by atoms with Gasteiger partial charge in [-0.05, 0) is 79.1 Å². The lowest BCUT2D eigenvalue weighted by molar-refractivity contribution is -0.139. The Morgan fingerprint density at radius 3 is 2.46 bits per heavy atom. The number of aliphatic hydroxyl groups excluding tert-OH is 1. The Balaban J connectivity index is 1.56. The van der Waals surface area contributed by atoms with Gasteiger partial charge in [-0.2, -0.15) is 0 Å². The van der Waals surface area contributed by atoms with Crippen molar-refractivity contribution >= 4 is 51.6 Å². The molecule has 0 bridgehead atoms. The number of fused-ring (bicyclic) bond motifs is 1. The quantitative estimate of drug-likeness (QED) is 0.144. The fourth-order valence-corrected chi connectivity index (χ4v) is 5.43. The van der Waals surface area contributed by atoms with E-state index in [0.717, 1.165) is 16.5 Å². The number of H-pyrrole nitrogens is 1. The van der Waals surface area contributed by atoms with Crippen molar-refractivity contribution in [3.63, 3.8) is 0 Å². The van der Waals surface area contributed by atoms with Crippen LogP contribution in [0.4, 0.5) is 0 Å². The Morgan fingerprint density at radius 2 is 1.77 bits per heavy atom. The Morgan fingerprint density at radius 1 is 1.03 bits per heavy atom. The largest absolute Gasteiger partial charge is 0.507 e. The number of ether oxygens (including phenoxy) is 2. The first-order valence-electron chi connectivity index (χ1n) is 12.4. The molecular formula is C30H26Cl2N2O5. The molecule has 39 heavy (non-hydrogen) atoms. The molecule has 2 heterocycles. The molecule has 1 amide bonds. The van der Waals surface area contributed by atoms with Gasteiger partial charge in [-0.1, -0.05) is 29.3 Å². The van der Waals surface area contributed by atoms with Gasteiger partial charge in [-0.15, -0.1) is 0 Å². The Labute approximate surface area is 235 Å². The van der Waals surface area contributed by atoms with Gasteiger partial charge in [0.15, 0.2) is 0 Å². The number of aliphatic hydroxyl groups is 1.